The number of hydrogen-bond donors (Lipinski definition) is 1. The molecule has 0 amide bonds. The molecule has 20 heavy (non-hydrogen) atoms. The molecule has 0 bridgehead atoms. The standard InChI is InChI=1S/C16H18FNO2/c1-3-10-20-14-7-4-12(5-8-14)16(2,19)15-9-6-13(17)11-18-15/h4-9,11,19H,3,10H2,1-2H3. The Balaban J connectivity index is 2.22. The Kier molecular flexibility index (Phi) is 4.35. The summed E-state index contributed by atoms with van der Waals surface area (Å²) in [6.45, 7) is 4.34. The van der Waals surface area contributed by atoms with Crippen molar-refractivity contribution in [1.82, 2.24) is 4.98 Å². The predicted molar refractivity (Wildman–Crippen MR) is 75.1 cm³/mol. The fourth-order valence-electron chi connectivity index (χ4n) is 1.91. The fraction of sp³-hybridized carbons (Fsp3) is 0.312. The smallest absolute Gasteiger partial charge is 0.141 e. The number of halogens is 1. The summed E-state index contributed by atoms with van der Waals surface area (Å²) in [7, 11) is 0. The quantitative estimate of drug-likeness (QED) is 0.910. The van der Waals surface area contributed by atoms with E-state index >= 15 is 0 Å². The van der Waals surface area contributed by atoms with Gasteiger partial charge in [0.1, 0.15) is 17.2 Å². The van der Waals surface area contributed by atoms with E-state index in [2.05, 4.69) is 4.98 Å². The Morgan fingerprint density at radius 3 is 2.45 bits per heavy atom. The Morgan fingerprint density at radius 1 is 1.20 bits per heavy atom. The molecule has 1 aromatic carbocycles. The number of aromatic nitrogens is 1. The molecule has 1 aromatic heterocycles. The molecule has 0 radical (unpaired) electrons. The largest absolute Gasteiger partial charge is 0.494 e. The Labute approximate surface area is 118 Å². The van der Waals surface area contributed by atoms with Crippen LogP contribution in [-0.4, -0.2) is 16.7 Å². The molecule has 106 valence electrons. The summed E-state index contributed by atoms with van der Waals surface area (Å²) in [5, 5.41) is 10.6. The highest BCUT2D eigenvalue weighted by atomic mass is 19.1. The van der Waals surface area contributed by atoms with E-state index in [4.69, 9.17) is 4.74 Å². The lowest BCUT2D eigenvalue weighted by Crippen LogP contribution is -2.24. The zero-order valence-corrected chi connectivity index (χ0v) is 11.6. The molecule has 3 nitrogen and oxygen atoms in total. The number of benzene rings is 1. The van der Waals surface area contributed by atoms with Crippen LogP contribution < -0.4 is 4.74 Å². The molecular weight excluding hydrogens is 257 g/mol. The van der Waals surface area contributed by atoms with Crippen LogP contribution in [0.15, 0.2) is 42.6 Å². The second-order valence-corrected chi connectivity index (χ2v) is 4.81. The number of aliphatic hydroxyl groups is 1. The highest BCUT2D eigenvalue weighted by Crippen LogP contribution is 2.28. The fourth-order valence-corrected chi connectivity index (χ4v) is 1.91. The van der Waals surface area contributed by atoms with E-state index in [0.717, 1.165) is 18.4 Å². The van der Waals surface area contributed by atoms with Crippen molar-refractivity contribution in [3.8, 4) is 5.75 Å². The van der Waals surface area contributed by atoms with Gasteiger partial charge in [-0.25, -0.2) is 4.39 Å². The lowest BCUT2D eigenvalue weighted by molar-refractivity contribution is 0.0972. The average molecular weight is 275 g/mol. The van der Waals surface area contributed by atoms with Crippen molar-refractivity contribution in [1.29, 1.82) is 0 Å². The minimum atomic E-state index is -1.27. The molecule has 4 heteroatoms. The first-order chi connectivity index (χ1) is 9.54. The average Bonchev–Trinajstić information content (AvgIpc) is 2.46. The van der Waals surface area contributed by atoms with Gasteiger partial charge in [0.15, 0.2) is 0 Å². The maximum atomic E-state index is 12.9. The molecule has 0 fully saturated rings. The van der Waals surface area contributed by atoms with Crippen LogP contribution in [0.2, 0.25) is 0 Å². The predicted octanol–water partition coefficient (Wildman–Crippen LogP) is 3.27. The molecule has 0 spiro atoms. The molecule has 1 atom stereocenters. The van der Waals surface area contributed by atoms with E-state index in [1.54, 1.807) is 19.1 Å². The van der Waals surface area contributed by atoms with Crippen molar-refractivity contribution < 1.29 is 14.2 Å². The monoisotopic (exact) mass is 275 g/mol. The second kappa shape index (κ2) is 6.01. The molecule has 1 heterocycles. The van der Waals surface area contributed by atoms with Gasteiger partial charge >= 0.3 is 0 Å². The maximum Gasteiger partial charge on any atom is 0.141 e. The van der Waals surface area contributed by atoms with Crippen molar-refractivity contribution in [3.05, 3.63) is 59.7 Å². The Hall–Kier alpha value is -1.94. The molecule has 0 aliphatic rings. The van der Waals surface area contributed by atoms with Gasteiger partial charge in [-0.3, -0.25) is 4.98 Å². The van der Waals surface area contributed by atoms with Gasteiger partial charge in [-0.15, -0.1) is 0 Å². The molecule has 2 aromatic rings. The third-order valence-corrected chi connectivity index (χ3v) is 3.12. The van der Waals surface area contributed by atoms with Gasteiger partial charge in [-0.05, 0) is 43.2 Å². The summed E-state index contributed by atoms with van der Waals surface area (Å²) < 4.78 is 18.4. The number of hydrogen-bond acceptors (Lipinski definition) is 3. The third-order valence-electron chi connectivity index (χ3n) is 3.12. The van der Waals surface area contributed by atoms with Crippen LogP contribution in [-0.2, 0) is 5.60 Å². The van der Waals surface area contributed by atoms with Crippen LogP contribution in [0.5, 0.6) is 5.75 Å². The highest BCUT2D eigenvalue weighted by molar-refractivity contribution is 5.35. The molecule has 0 aliphatic heterocycles. The van der Waals surface area contributed by atoms with Gasteiger partial charge < -0.3 is 9.84 Å². The van der Waals surface area contributed by atoms with Crippen molar-refractivity contribution in [2.45, 2.75) is 25.9 Å². The van der Waals surface area contributed by atoms with Crippen LogP contribution in [0.4, 0.5) is 4.39 Å². The Morgan fingerprint density at radius 2 is 1.90 bits per heavy atom. The van der Waals surface area contributed by atoms with Crippen LogP contribution in [0.1, 0.15) is 31.5 Å². The zero-order valence-electron chi connectivity index (χ0n) is 11.6. The van der Waals surface area contributed by atoms with Crippen molar-refractivity contribution in [3.63, 3.8) is 0 Å². The van der Waals surface area contributed by atoms with Crippen LogP contribution in [0, 0.1) is 5.82 Å². The first-order valence-electron chi connectivity index (χ1n) is 6.62. The summed E-state index contributed by atoms with van der Waals surface area (Å²) in [6.07, 6.45) is 2.04. The van der Waals surface area contributed by atoms with Gasteiger partial charge in [0.25, 0.3) is 0 Å². The van der Waals surface area contributed by atoms with Crippen molar-refractivity contribution in [2.24, 2.45) is 0 Å². The Bertz CT molecular complexity index is 550. The molecular formula is C16H18FNO2. The highest BCUT2D eigenvalue weighted by Gasteiger charge is 2.27. The number of rotatable bonds is 5. The van der Waals surface area contributed by atoms with Gasteiger partial charge in [0.2, 0.25) is 0 Å². The SMILES string of the molecule is CCCOc1ccc(C(C)(O)c2ccc(F)cn2)cc1. The van der Waals surface area contributed by atoms with E-state index in [-0.39, 0.29) is 0 Å². The first-order valence-corrected chi connectivity index (χ1v) is 6.62. The van der Waals surface area contributed by atoms with Crippen molar-refractivity contribution in [2.75, 3.05) is 6.61 Å². The zero-order chi connectivity index (χ0) is 14.6. The topological polar surface area (TPSA) is 42.4 Å². The summed E-state index contributed by atoms with van der Waals surface area (Å²) in [5.41, 5.74) is -0.182. The van der Waals surface area contributed by atoms with E-state index in [1.807, 2.05) is 19.1 Å². The second-order valence-electron chi connectivity index (χ2n) is 4.81. The van der Waals surface area contributed by atoms with E-state index in [0.29, 0.717) is 17.9 Å². The summed E-state index contributed by atoms with van der Waals surface area (Å²) >= 11 is 0. The van der Waals surface area contributed by atoms with Crippen molar-refractivity contribution >= 4 is 0 Å². The summed E-state index contributed by atoms with van der Waals surface area (Å²) in [4.78, 5) is 3.94. The normalized spacial score (nSPS) is 13.8. The number of ether oxygens (including phenoxy) is 1. The van der Waals surface area contributed by atoms with Crippen LogP contribution >= 0.6 is 0 Å². The third kappa shape index (κ3) is 3.14. The lowest BCUT2D eigenvalue weighted by Gasteiger charge is -2.23. The first kappa shape index (κ1) is 14.5. The minimum Gasteiger partial charge on any atom is -0.494 e. The van der Waals surface area contributed by atoms with Crippen LogP contribution in [0.3, 0.4) is 0 Å². The number of nitrogens with zero attached hydrogens (tertiary/aromatic N) is 1. The number of pyridine rings is 1. The molecule has 1 N–H and O–H groups in total. The molecule has 1 unspecified atom stereocenters. The van der Waals surface area contributed by atoms with E-state index < -0.39 is 11.4 Å². The van der Waals surface area contributed by atoms with Gasteiger partial charge in [0.05, 0.1) is 18.5 Å². The summed E-state index contributed by atoms with van der Waals surface area (Å²) in [5.74, 6) is 0.339. The molecule has 0 aliphatic carbocycles. The molecule has 0 saturated carbocycles. The van der Waals surface area contributed by atoms with E-state index in [1.165, 1.54) is 12.1 Å². The van der Waals surface area contributed by atoms with Crippen LogP contribution in [0.25, 0.3) is 0 Å². The maximum absolute atomic E-state index is 12.9. The van der Waals surface area contributed by atoms with Gasteiger partial charge in [-0.1, -0.05) is 19.1 Å². The minimum absolute atomic E-state index is 0.404. The molecule has 2 rings (SSSR count). The molecule has 0 saturated heterocycles. The summed E-state index contributed by atoms with van der Waals surface area (Å²) in [6, 6.07) is 9.96. The van der Waals surface area contributed by atoms with Gasteiger partial charge in [-0.2, -0.15) is 0 Å². The lowest BCUT2D eigenvalue weighted by atomic mass is 9.92. The van der Waals surface area contributed by atoms with Gasteiger partial charge in [0, 0.05) is 0 Å². The van der Waals surface area contributed by atoms with E-state index in [9.17, 15) is 9.50 Å².